The molecule has 0 aromatic heterocycles. The molecule has 0 amide bonds. The number of rotatable bonds is 3. The Labute approximate surface area is 147 Å². The molecule has 4 rings (SSSR count). The topological polar surface area (TPSA) is 70.0 Å². The molecule has 1 aliphatic carbocycles. The van der Waals surface area contributed by atoms with Crippen LogP contribution in [0, 0.1) is 0 Å². The van der Waals surface area contributed by atoms with Crippen molar-refractivity contribution in [3.8, 4) is 11.5 Å². The number of hydrogen-bond donors (Lipinski definition) is 2. The number of aliphatic hydroxyl groups excluding tert-OH is 1. The first kappa shape index (κ1) is 16.6. The number of carbonyl (C=O) groups excluding carboxylic acids is 1. The van der Waals surface area contributed by atoms with Gasteiger partial charge >= 0.3 is 0 Å². The van der Waals surface area contributed by atoms with Gasteiger partial charge in [0.15, 0.2) is 23.4 Å². The maximum atomic E-state index is 12.6. The molecule has 1 aromatic rings. The molecule has 0 unspecified atom stereocenters. The number of ether oxygens (including phenoxy) is 1. The molecule has 1 aromatic carbocycles. The zero-order valence-corrected chi connectivity index (χ0v) is 14.4. The summed E-state index contributed by atoms with van der Waals surface area (Å²) in [6, 6.07) is 3.58. The summed E-state index contributed by atoms with van der Waals surface area (Å²) in [6.45, 7) is 5.39. The summed E-state index contributed by atoms with van der Waals surface area (Å²) in [5, 5.41) is 20.2. The molecule has 2 N–H and O–H groups in total. The molecule has 2 heterocycles. The van der Waals surface area contributed by atoms with Gasteiger partial charge in [-0.25, -0.2) is 0 Å². The molecule has 1 fully saturated rings. The van der Waals surface area contributed by atoms with Crippen molar-refractivity contribution >= 4 is 5.78 Å². The molecule has 134 valence electrons. The van der Waals surface area contributed by atoms with Gasteiger partial charge in [0, 0.05) is 30.0 Å². The molecule has 0 saturated heterocycles. The van der Waals surface area contributed by atoms with E-state index in [0.29, 0.717) is 25.1 Å². The zero-order chi connectivity index (χ0) is 17.6. The summed E-state index contributed by atoms with van der Waals surface area (Å²) >= 11 is 0. The van der Waals surface area contributed by atoms with Gasteiger partial charge in [-0.1, -0.05) is 12.1 Å². The van der Waals surface area contributed by atoms with Crippen molar-refractivity contribution in [2.24, 2.45) is 0 Å². The highest BCUT2D eigenvalue weighted by Crippen LogP contribution is 2.56. The first-order valence-corrected chi connectivity index (χ1v) is 9.11. The third kappa shape index (κ3) is 2.41. The van der Waals surface area contributed by atoms with Crippen LogP contribution in [0.4, 0.5) is 0 Å². The summed E-state index contributed by atoms with van der Waals surface area (Å²) in [5.74, 6) is 0.748. The Balaban J connectivity index is 1.86. The molecule has 1 spiro atoms. The number of ketones is 1. The molecule has 5 heteroatoms. The molecule has 3 atom stereocenters. The SMILES string of the molecule is C=CCN1CC[C@@]23CCCC(=O)[C@@H]2Oc2c(O)ccc(c23)C[C@@H]1CO. The molecule has 25 heavy (non-hydrogen) atoms. The van der Waals surface area contributed by atoms with E-state index in [0.717, 1.165) is 36.9 Å². The van der Waals surface area contributed by atoms with E-state index in [2.05, 4.69) is 11.5 Å². The van der Waals surface area contributed by atoms with Crippen LogP contribution in [0.1, 0.15) is 36.8 Å². The van der Waals surface area contributed by atoms with Gasteiger partial charge in [0.25, 0.3) is 0 Å². The Morgan fingerprint density at radius 3 is 3.00 bits per heavy atom. The number of nitrogens with zero attached hydrogens (tertiary/aromatic N) is 1. The minimum absolute atomic E-state index is 0.00216. The smallest absolute Gasteiger partial charge is 0.174 e. The first-order chi connectivity index (χ1) is 12.1. The van der Waals surface area contributed by atoms with Crippen LogP contribution in [0.2, 0.25) is 0 Å². The first-order valence-electron chi connectivity index (χ1n) is 9.11. The highest BCUT2D eigenvalue weighted by Gasteiger charge is 2.56. The monoisotopic (exact) mass is 343 g/mol. The molecule has 0 bridgehead atoms. The van der Waals surface area contributed by atoms with Gasteiger partial charge in [-0.15, -0.1) is 6.58 Å². The number of aromatic hydroxyl groups is 1. The van der Waals surface area contributed by atoms with Gasteiger partial charge in [-0.3, -0.25) is 9.69 Å². The quantitative estimate of drug-likeness (QED) is 0.821. The lowest BCUT2D eigenvalue weighted by atomic mass is 9.64. The highest BCUT2D eigenvalue weighted by atomic mass is 16.5. The van der Waals surface area contributed by atoms with Crippen molar-refractivity contribution in [1.82, 2.24) is 4.90 Å². The van der Waals surface area contributed by atoms with Crippen LogP contribution in [0.25, 0.3) is 0 Å². The number of phenols is 1. The van der Waals surface area contributed by atoms with Crippen LogP contribution in [-0.4, -0.2) is 52.7 Å². The van der Waals surface area contributed by atoms with Gasteiger partial charge in [-0.05, 0) is 43.9 Å². The molecule has 2 aliphatic heterocycles. The normalized spacial score (nSPS) is 31.5. The van der Waals surface area contributed by atoms with Crippen LogP contribution in [0.15, 0.2) is 24.8 Å². The minimum atomic E-state index is -0.487. The van der Waals surface area contributed by atoms with Crippen molar-refractivity contribution < 1.29 is 19.7 Å². The molecular formula is C20H25NO4. The van der Waals surface area contributed by atoms with Crippen molar-refractivity contribution in [1.29, 1.82) is 0 Å². The Kier molecular flexibility index (Phi) is 4.08. The fraction of sp³-hybridized carbons (Fsp3) is 0.550. The summed E-state index contributed by atoms with van der Waals surface area (Å²) < 4.78 is 6.04. The van der Waals surface area contributed by atoms with E-state index in [9.17, 15) is 15.0 Å². The molecular weight excluding hydrogens is 318 g/mol. The Morgan fingerprint density at radius 2 is 2.24 bits per heavy atom. The largest absolute Gasteiger partial charge is 0.504 e. The van der Waals surface area contributed by atoms with Crippen LogP contribution in [-0.2, 0) is 16.6 Å². The molecule has 5 nitrogen and oxygen atoms in total. The Morgan fingerprint density at radius 1 is 1.40 bits per heavy atom. The van der Waals surface area contributed by atoms with E-state index >= 15 is 0 Å². The number of aliphatic hydroxyl groups is 1. The van der Waals surface area contributed by atoms with Gasteiger partial charge < -0.3 is 14.9 Å². The van der Waals surface area contributed by atoms with Gasteiger partial charge in [0.05, 0.1) is 6.61 Å². The van der Waals surface area contributed by atoms with Crippen molar-refractivity contribution in [3.05, 3.63) is 35.9 Å². The number of Topliss-reactive ketones (excluding diaryl/α,β-unsaturated/α-hetero) is 1. The maximum Gasteiger partial charge on any atom is 0.174 e. The Hall–Kier alpha value is -1.85. The standard InChI is InChI=1S/C20H25NO4/c1-2-9-21-10-8-20-7-3-4-16(24)19(20)25-18-15(23)6-5-13(17(18)20)11-14(21)12-22/h2,5-6,14,19,22-23H,1,3-4,7-12H2/t14-,19+,20-/m1/s1. The lowest BCUT2D eigenvalue weighted by Gasteiger charge is -2.42. The van der Waals surface area contributed by atoms with Crippen molar-refractivity contribution in [2.75, 3.05) is 19.7 Å². The van der Waals surface area contributed by atoms with E-state index in [1.165, 1.54) is 0 Å². The second-order valence-electron chi connectivity index (χ2n) is 7.50. The van der Waals surface area contributed by atoms with Crippen LogP contribution in [0.3, 0.4) is 0 Å². The summed E-state index contributed by atoms with van der Waals surface area (Å²) in [7, 11) is 0. The zero-order valence-electron chi connectivity index (χ0n) is 14.4. The predicted molar refractivity (Wildman–Crippen MR) is 94.0 cm³/mol. The number of phenolic OH excluding ortho intramolecular Hbond substituents is 1. The van der Waals surface area contributed by atoms with Gasteiger partial charge in [0.2, 0.25) is 0 Å². The number of benzene rings is 1. The second-order valence-corrected chi connectivity index (χ2v) is 7.50. The number of carbonyl (C=O) groups is 1. The predicted octanol–water partition coefficient (Wildman–Crippen LogP) is 1.94. The van der Waals surface area contributed by atoms with E-state index in [4.69, 9.17) is 4.74 Å². The minimum Gasteiger partial charge on any atom is -0.504 e. The second kappa shape index (κ2) is 6.15. The summed E-state index contributed by atoms with van der Waals surface area (Å²) in [4.78, 5) is 14.8. The van der Waals surface area contributed by atoms with E-state index in [-0.39, 0.29) is 29.6 Å². The van der Waals surface area contributed by atoms with Crippen LogP contribution < -0.4 is 4.74 Å². The van der Waals surface area contributed by atoms with Crippen molar-refractivity contribution in [2.45, 2.75) is 49.7 Å². The van der Waals surface area contributed by atoms with E-state index in [1.807, 2.05) is 12.1 Å². The molecule has 1 saturated carbocycles. The van der Waals surface area contributed by atoms with Gasteiger partial charge in [-0.2, -0.15) is 0 Å². The average molecular weight is 343 g/mol. The fourth-order valence-electron chi connectivity index (χ4n) is 5.02. The van der Waals surface area contributed by atoms with Crippen LogP contribution in [0.5, 0.6) is 11.5 Å². The third-order valence-corrected chi connectivity index (χ3v) is 6.19. The lowest BCUT2D eigenvalue weighted by molar-refractivity contribution is -0.130. The lowest BCUT2D eigenvalue weighted by Crippen LogP contribution is -2.52. The van der Waals surface area contributed by atoms with Gasteiger partial charge in [0.1, 0.15) is 0 Å². The summed E-state index contributed by atoms with van der Waals surface area (Å²) in [5.41, 5.74) is 1.75. The molecule has 0 radical (unpaired) electrons. The maximum absolute atomic E-state index is 12.6. The molecule has 3 aliphatic rings. The van der Waals surface area contributed by atoms with E-state index in [1.54, 1.807) is 6.07 Å². The number of hydrogen-bond acceptors (Lipinski definition) is 5. The average Bonchev–Trinajstić information content (AvgIpc) is 2.95. The van der Waals surface area contributed by atoms with Crippen LogP contribution >= 0.6 is 0 Å². The Bertz CT molecular complexity index is 716. The third-order valence-electron chi connectivity index (χ3n) is 6.19. The fourth-order valence-corrected chi connectivity index (χ4v) is 5.02. The van der Waals surface area contributed by atoms with Crippen molar-refractivity contribution in [3.63, 3.8) is 0 Å². The highest BCUT2D eigenvalue weighted by molar-refractivity contribution is 5.88. The van der Waals surface area contributed by atoms with E-state index < -0.39 is 6.10 Å². The summed E-state index contributed by atoms with van der Waals surface area (Å²) in [6.07, 6.45) is 5.15.